The van der Waals surface area contributed by atoms with E-state index in [-0.39, 0.29) is 29.7 Å². The fraction of sp³-hybridized carbons (Fsp3) is 0.263. The van der Waals surface area contributed by atoms with Crippen molar-refractivity contribution in [3.05, 3.63) is 54.0 Å². The van der Waals surface area contributed by atoms with Crippen molar-refractivity contribution in [1.29, 1.82) is 0 Å². The number of benzene rings is 1. The molecule has 1 aromatic carbocycles. The summed E-state index contributed by atoms with van der Waals surface area (Å²) >= 11 is 0. The van der Waals surface area contributed by atoms with Crippen LogP contribution in [0.15, 0.2) is 47.1 Å². The molecule has 3 rings (SSSR count). The van der Waals surface area contributed by atoms with Gasteiger partial charge in [-0.05, 0) is 43.2 Å². The van der Waals surface area contributed by atoms with E-state index in [4.69, 9.17) is 10.2 Å². The molecule has 4 N–H and O–H groups in total. The first-order chi connectivity index (χ1) is 13.5. The highest BCUT2D eigenvalue weighted by molar-refractivity contribution is 6.02. The summed E-state index contributed by atoms with van der Waals surface area (Å²) in [6, 6.07) is 8.84. The van der Waals surface area contributed by atoms with Crippen LogP contribution in [0.2, 0.25) is 0 Å². The number of primary amides is 1. The van der Waals surface area contributed by atoms with E-state index in [1.807, 2.05) is 0 Å². The molecule has 9 nitrogen and oxygen atoms in total. The zero-order valence-electron chi connectivity index (χ0n) is 15.0. The Morgan fingerprint density at radius 3 is 2.71 bits per heavy atom. The lowest BCUT2D eigenvalue weighted by Gasteiger charge is -2.23. The van der Waals surface area contributed by atoms with E-state index in [2.05, 4.69) is 10.6 Å². The van der Waals surface area contributed by atoms with E-state index < -0.39 is 17.9 Å². The molecule has 2 heterocycles. The molecule has 9 heteroatoms. The minimum Gasteiger partial charge on any atom is -0.459 e. The molecule has 1 saturated heterocycles. The predicted octanol–water partition coefficient (Wildman–Crippen LogP) is 0.738. The molecular weight excluding hydrogens is 364 g/mol. The molecule has 28 heavy (non-hydrogen) atoms. The Balaban J connectivity index is 1.67. The molecule has 1 aromatic heterocycles. The largest absolute Gasteiger partial charge is 0.459 e. The van der Waals surface area contributed by atoms with Crippen molar-refractivity contribution in [1.82, 2.24) is 10.2 Å². The summed E-state index contributed by atoms with van der Waals surface area (Å²) < 4.78 is 5.14. The van der Waals surface area contributed by atoms with E-state index in [0.717, 1.165) is 0 Å². The van der Waals surface area contributed by atoms with Gasteiger partial charge in [-0.1, -0.05) is 6.07 Å². The smallest absolute Gasteiger partial charge is 0.290 e. The molecule has 0 spiro atoms. The summed E-state index contributed by atoms with van der Waals surface area (Å²) in [7, 11) is 0. The van der Waals surface area contributed by atoms with Gasteiger partial charge in [0.25, 0.3) is 11.8 Å². The first-order valence-corrected chi connectivity index (χ1v) is 8.77. The fourth-order valence-corrected chi connectivity index (χ4v) is 3.06. The molecule has 1 atom stereocenters. The van der Waals surface area contributed by atoms with Gasteiger partial charge in [-0.15, -0.1) is 0 Å². The molecule has 4 amide bonds. The molecule has 0 unspecified atom stereocenters. The standard InChI is InChI=1S/C19H20N4O5/c20-16(24)11-21-17(25)12-4-1-5-13(10-12)22-18(26)14-6-2-8-23(14)19(27)15-7-3-9-28-15/h1,3-5,7,9-10,14H,2,6,8,11H2,(H2,20,24)(H,21,25)(H,22,26)/t14-/m0/s1. The maximum Gasteiger partial charge on any atom is 0.290 e. The lowest BCUT2D eigenvalue weighted by Crippen LogP contribution is -2.43. The van der Waals surface area contributed by atoms with Gasteiger partial charge in [0.2, 0.25) is 11.8 Å². The van der Waals surface area contributed by atoms with Gasteiger partial charge < -0.3 is 25.7 Å². The molecule has 2 aromatic rings. The predicted molar refractivity (Wildman–Crippen MR) is 99.4 cm³/mol. The van der Waals surface area contributed by atoms with Crippen LogP contribution in [0.25, 0.3) is 0 Å². The Kier molecular flexibility index (Phi) is 5.73. The van der Waals surface area contributed by atoms with Crippen LogP contribution in [0.5, 0.6) is 0 Å². The van der Waals surface area contributed by atoms with Gasteiger partial charge in [-0.3, -0.25) is 19.2 Å². The summed E-state index contributed by atoms with van der Waals surface area (Å²) in [5.74, 6) is -1.62. The summed E-state index contributed by atoms with van der Waals surface area (Å²) in [6.07, 6.45) is 2.66. The van der Waals surface area contributed by atoms with E-state index >= 15 is 0 Å². The van der Waals surface area contributed by atoms with Crippen molar-refractivity contribution in [2.75, 3.05) is 18.4 Å². The molecule has 1 aliphatic rings. The van der Waals surface area contributed by atoms with Crippen molar-refractivity contribution >= 4 is 29.3 Å². The first kappa shape index (κ1) is 19.2. The fourth-order valence-electron chi connectivity index (χ4n) is 3.06. The van der Waals surface area contributed by atoms with Gasteiger partial charge in [0.05, 0.1) is 12.8 Å². The molecule has 1 fully saturated rings. The van der Waals surface area contributed by atoms with Crippen LogP contribution in [-0.2, 0) is 9.59 Å². The minimum atomic E-state index is -0.652. The number of furan rings is 1. The summed E-state index contributed by atoms with van der Waals surface area (Å²) in [6.45, 7) is 0.189. The number of carbonyl (C=O) groups is 4. The lowest BCUT2D eigenvalue weighted by atomic mass is 10.1. The Hall–Kier alpha value is -3.62. The van der Waals surface area contributed by atoms with Crippen molar-refractivity contribution in [2.45, 2.75) is 18.9 Å². The molecule has 146 valence electrons. The van der Waals surface area contributed by atoms with Crippen LogP contribution in [0.4, 0.5) is 5.69 Å². The molecule has 0 saturated carbocycles. The number of carbonyl (C=O) groups excluding carboxylic acids is 4. The Morgan fingerprint density at radius 1 is 1.18 bits per heavy atom. The SMILES string of the molecule is NC(=O)CNC(=O)c1cccc(NC(=O)[C@@H]2CCCN2C(=O)c2ccco2)c1. The van der Waals surface area contributed by atoms with E-state index in [9.17, 15) is 19.2 Å². The molecule has 1 aliphatic heterocycles. The van der Waals surface area contributed by atoms with Gasteiger partial charge in [-0.2, -0.15) is 0 Å². The molecule has 0 bridgehead atoms. The number of hydrogen-bond acceptors (Lipinski definition) is 5. The van der Waals surface area contributed by atoms with Crippen LogP contribution in [-0.4, -0.2) is 47.7 Å². The summed E-state index contributed by atoms with van der Waals surface area (Å²) in [5.41, 5.74) is 5.69. The van der Waals surface area contributed by atoms with Gasteiger partial charge >= 0.3 is 0 Å². The second-order valence-electron chi connectivity index (χ2n) is 6.35. The average molecular weight is 384 g/mol. The molecule has 0 aliphatic carbocycles. The Morgan fingerprint density at radius 2 is 2.00 bits per heavy atom. The highest BCUT2D eigenvalue weighted by Gasteiger charge is 2.35. The Labute approximate surface area is 160 Å². The second kappa shape index (κ2) is 8.38. The van der Waals surface area contributed by atoms with Gasteiger partial charge in [0, 0.05) is 17.8 Å². The Bertz CT molecular complexity index is 893. The van der Waals surface area contributed by atoms with Crippen LogP contribution < -0.4 is 16.4 Å². The third-order valence-corrected chi connectivity index (χ3v) is 4.36. The third kappa shape index (κ3) is 4.37. The molecule has 0 radical (unpaired) electrons. The number of nitrogens with one attached hydrogen (secondary N) is 2. The maximum atomic E-state index is 12.7. The number of likely N-dealkylation sites (tertiary alicyclic amines) is 1. The van der Waals surface area contributed by atoms with E-state index in [0.29, 0.717) is 25.1 Å². The lowest BCUT2D eigenvalue weighted by molar-refractivity contribution is -0.120. The van der Waals surface area contributed by atoms with Crippen LogP contribution >= 0.6 is 0 Å². The number of nitrogens with two attached hydrogens (primary N) is 1. The topological polar surface area (TPSA) is 135 Å². The highest BCUT2D eigenvalue weighted by Crippen LogP contribution is 2.22. The van der Waals surface area contributed by atoms with E-state index in [1.54, 1.807) is 30.3 Å². The summed E-state index contributed by atoms with van der Waals surface area (Å²) in [4.78, 5) is 49.5. The normalized spacial score (nSPS) is 15.9. The summed E-state index contributed by atoms with van der Waals surface area (Å²) in [5, 5.41) is 5.12. The van der Waals surface area contributed by atoms with Crippen LogP contribution in [0, 0.1) is 0 Å². The first-order valence-electron chi connectivity index (χ1n) is 8.77. The zero-order valence-corrected chi connectivity index (χ0v) is 15.0. The van der Waals surface area contributed by atoms with Crippen molar-refractivity contribution < 1.29 is 23.6 Å². The van der Waals surface area contributed by atoms with Gasteiger partial charge in [0.15, 0.2) is 5.76 Å². The van der Waals surface area contributed by atoms with Gasteiger partial charge in [0.1, 0.15) is 6.04 Å². The quantitative estimate of drug-likeness (QED) is 0.675. The van der Waals surface area contributed by atoms with Crippen LogP contribution in [0.3, 0.4) is 0 Å². The maximum absolute atomic E-state index is 12.7. The third-order valence-electron chi connectivity index (χ3n) is 4.36. The highest BCUT2D eigenvalue weighted by atomic mass is 16.3. The second-order valence-corrected chi connectivity index (χ2v) is 6.35. The van der Waals surface area contributed by atoms with Crippen LogP contribution in [0.1, 0.15) is 33.8 Å². The number of amides is 4. The monoisotopic (exact) mass is 384 g/mol. The number of rotatable bonds is 6. The van der Waals surface area contributed by atoms with Crippen molar-refractivity contribution in [3.63, 3.8) is 0 Å². The van der Waals surface area contributed by atoms with Crippen molar-refractivity contribution in [3.8, 4) is 0 Å². The number of hydrogen-bond donors (Lipinski definition) is 3. The number of nitrogens with zero attached hydrogens (tertiary/aromatic N) is 1. The zero-order chi connectivity index (χ0) is 20.1. The van der Waals surface area contributed by atoms with E-state index in [1.165, 1.54) is 17.2 Å². The van der Waals surface area contributed by atoms with Crippen molar-refractivity contribution in [2.24, 2.45) is 5.73 Å². The minimum absolute atomic E-state index is 0.188. The average Bonchev–Trinajstić information content (AvgIpc) is 3.37. The van der Waals surface area contributed by atoms with Gasteiger partial charge in [-0.25, -0.2) is 0 Å². The number of anilines is 1. The molecular formula is C19H20N4O5.